The van der Waals surface area contributed by atoms with Crippen LogP contribution in [-0.4, -0.2) is 26.5 Å². The number of hydrogen-bond donors (Lipinski definition) is 0. The van der Waals surface area contributed by atoms with E-state index < -0.39 is 0 Å². The number of amides is 1. The van der Waals surface area contributed by atoms with Crippen LogP contribution in [0, 0.1) is 11.3 Å². The molecule has 0 N–H and O–H groups in total. The highest BCUT2D eigenvalue weighted by atomic mass is 32.1. The molecule has 1 aliphatic heterocycles. The number of carbonyl (C=O) groups is 1. The van der Waals surface area contributed by atoms with Crippen LogP contribution in [0.25, 0.3) is 10.2 Å². The van der Waals surface area contributed by atoms with Gasteiger partial charge >= 0.3 is 5.69 Å². The van der Waals surface area contributed by atoms with Crippen LogP contribution in [0.2, 0.25) is 0 Å². The Morgan fingerprint density at radius 1 is 1.06 bits per heavy atom. The van der Waals surface area contributed by atoms with Crippen LogP contribution in [0.3, 0.4) is 0 Å². The maximum absolute atomic E-state index is 13.7. The van der Waals surface area contributed by atoms with Crippen molar-refractivity contribution in [2.24, 2.45) is 0 Å². The van der Waals surface area contributed by atoms with E-state index in [1.165, 1.54) is 15.9 Å². The molecule has 2 aromatic heterocycles. The lowest BCUT2D eigenvalue weighted by Crippen LogP contribution is -2.41. The van der Waals surface area contributed by atoms with Crippen molar-refractivity contribution in [3.63, 3.8) is 0 Å². The number of aromatic nitrogens is 2. The number of carbonyl (C=O) groups excluding carboxylic acids is 1. The van der Waals surface area contributed by atoms with Gasteiger partial charge in [-0.15, -0.1) is 11.3 Å². The van der Waals surface area contributed by atoms with Gasteiger partial charge in [0.05, 0.1) is 30.1 Å². The zero-order valence-corrected chi connectivity index (χ0v) is 20.2. The van der Waals surface area contributed by atoms with Crippen molar-refractivity contribution in [1.29, 1.82) is 5.26 Å². The molecule has 0 bridgehead atoms. The lowest BCUT2D eigenvalue weighted by atomic mass is 10.0. The van der Waals surface area contributed by atoms with Gasteiger partial charge in [-0.3, -0.25) is 18.7 Å². The molecular formula is C27H24N4O3S. The van der Waals surface area contributed by atoms with Crippen LogP contribution in [0.4, 0.5) is 0 Å². The predicted molar refractivity (Wildman–Crippen MR) is 136 cm³/mol. The second-order valence-corrected chi connectivity index (χ2v) is 9.79. The summed E-state index contributed by atoms with van der Waals surface area (Å²) in [5.41, 5.74) is 2.54. The van der Waals surface area contributed by atoms with E-state index in [-0.39, 0.29) is 30.2 Å². The molecule has 5 rings (SSSR count). The lowest BCUT2D eigenvalue weighted by Gasteiger charge is -2.25. The molecule has 0 spiro atoms. The van der Waals surface area contributed by atoms with Gasteiger partial charge in [0, 0.05) is 24.9 Å². The van der Waals surface area contributed by atoms with Crippen molar-refractivity contribution >= 4 is 27.5 Å². The number of thiophene rings is 1. The number of hydrogen-bond acceptors (Lipinski definition) is 5. The minimum atomic E-state index is -0.381. The highest BCUT2D eigenvalue weighted by Crippen LogP contribution is 2.33. The van der Waals surface area contributed by atoms with Gasteiger partial charge in [0.1, 0.15) is 4.83 Å². The minimum absolute atomic E-state index is 0.00582. The molecule has 176 valence electrons. The van der Waals surface area contributed by atoms with Crippen LogP contribution in [0.15, 0.2) is 64.2 Å². The Balaban J connectivity index is 1.68. The van der Waals surface area contributed by atoms with Crippen molar-refractivity contribution in [2.45, 2.75) is 39.4 Å². The summed E-state index contributed by atoms with van der Waals surface area (Å²) >= 11 is 1.40. The first-order valence-electron chi connectivity index (χ1n) is 11.5. The Hall–Kier alpha value is -3.96. The largest absolute Gasteiger partial charge is 0.337 e. The summed E-state index contributed by atoms with van der Waals surface area (Å²) in [7, 11) is 0. The van der Waals surface area contributed by atoms with Crippen LogP contribution >= 0.6 is 11.3 Å². The first kappa shape index (κ1) is 22.8. The number of rotatable bonds is 5. The minimum Gasteiger partial charge on any atom is -0.337 e. The lowest BCUT2D eigenvalue weighted by molar-refractivity contribution is -0.129. The van der Waals surface area contributed by atoms with E-state index in [9.17, 15) is 19.6 Å². The van der Waals surface area contributed by atoms with Gasteiger partial charge in [-0.25, -0.2) is 4.79 Å². The summed E-state index contributed by atoms with van der Waals surface area (Å²) in [4.78, 5) is 42.7. The molecule has 1 aliphatic rings. The number of aryl methyl sites for hydroxylation is 1. The molecule has 1 amide bonds. The molecule has 8 heteroatoms. The van der Waals surface area contributed by atoms with Gasteiger partial charge in [0.25, 0.3) is 5.56 Å². The summed E-state index contributed by atoms with van der Waals surface area (Å²) in [5, 5.41) is 10.1. The van der Waals surface area contributed by atoms with Crippen LogP contribution in [0.5, 0.6) is 0 Å². The van der Waals surface area contributed by atoms with Gasteiger partial charge in [0.2, 0.25) is 5.91 Å². The van der Waals surface area contributed by atoms with E-state index in [0.29, 0.717) is 41.7 Å². The van der Waals surface area contributed by atoms with Gasteiger partial charge < -0.3 is 4.90 Å². The third kappa shape index (κ3) is 4.19. The summed E-state index contributed by atoms with van der Waals surface area (Å²) in [6, 6.07) is 19.2. The van der Waals surface area contributed by atoms with Gasteiger partial charge in [-0.2, -0.15) is 5.26 Å². The number of fused-ring (bicyclic) bond motifs is 3. The van der Waals surface area contributed by atoms with Crippen molar-refractivity contribution in [3.05, 3.63) is 103 Å². The highest BCUT2D eigenvalue weighted by molar-refractivity contribution is 7.18. The van der Waals surface area contributed by atoms with E-state index in [1.807, 2.05) is 42.5 Å². The molecule has 0 atom stereocenters. The first-order valence-corrected chi connectivity index (χ1v) is 12.3. The Morgan fingerprint density at radius 2 is 1.80 bits per heavy atom. The molecule has 0 fully saturated rings. The van der Waals surface area contributed by atoms with E-state index in [1.54, 1.807) is 28.5 Å². The number of nitriles is 1. The Bertz CT molecular complexity index is 1590. The molecule has 7 nitrogen and oxygen atoms in total. The predicted octanol–water partition coefficient (Wildman–Crippen LogP) is 3.29. The van der Waals surface area contributed by atoms with Gasteiger partial charge in [-0.05, 0) is 35.6 Å². The molecule has 0 saturated heterocycles. The standard InChI is InChI=1S/C27H24N4O3S/c1-18(32)29-13-12-22-23(17-29)35-26-24(22)25(33)30(14-11-19-7-3-2-4-8-19)27(34)31(26)16-21-10-6-5-9-20(21)15-28/h2-10H,11-14,16-17H2,1H3. The zero-order valence-electron chi connectivity index (χ0n) is 19.4. The van der Waals surface area contributed by atoms with E-state index in [4.69, 9.17) is 0 Å². The molecule has 0 radical (unpaired) electrons. The second-order valence-electron chi connectivity index (χ2n) is 8.70. The topological polar surface area (TPSA) is 88.1 Å². The maximum atomic E-state index is 13.7. The molecule has 0 saturated carbocycles. The monoisotopic (exact) mass is 484 g/mol. The normalized spacial score (nSPS) is 13.0. The maximum Gasteiger partial charge on any atom is 0.332 e. The average molecular weight is 485 g/mol. The fourth-order valence-corrected chi connectivity index (χ4v) is 6.03. The Kier molecular flexibility index (Phi) is 6.10. The highest BCUT2D eigenvalue weighted by Gasteiger charge is 2.27. The fraction of sp³-hybridized carbons (Fsp3) is 0.259. The first-order chi connectivity index (χ1) is 17.0. The molecule has 0 unspecified atom stereocenters. The van der Waals surface area contributed by atoms with Crippen molar-refractivity contribution in [3.8, 4) is 6.07 Å². The van der Waals surface area contributed by atoms with E-state index in [0.717, 1.165) is 21.6 Å². The van der Waals surface area contributed by atoms with Crippen molar-refractivity contribution in [1.82, 2.24) is 14.0 Å². The van der Waals surface area contributed by atoms with E-state index >= 15 is 0 Å². The zero-order chi connectivity index (χ0) is 24.5. The number of benzene rings is 2. The molecule has 3 heterocycles. The molecule has 4 aromatic rings. The third-order valence-electron chi connectivity index (χ3n) is 6.58. The average Bonchev–Trinajstić information content (AvgIpc) is 3.26. The fourth-order valence-electron chi connectivity index (χ4n) is 4.68. The van der Waals surface area contributed by atoms with Gasteiger partial charge in [-0.1, -0.05) is 48.5 Å². The number of nitrogens with zero attached hydrogens (tertiary/aromatic N) is 4. The van der Waals surface area contributed by atoms with Crippen LogP contribution in [-0.2, 0) is 37.3 Å². The van der Waals surface area contributed by atoms with Crippen molar-refractivity contribution < 1.29 is 4.79 Å². The Labute approximate surface area is 206 Å². The van der Waals surface area contributed by atoms with Crippen LogP contribution in [0.1, 0.15) is 34.1 Å². The SMILES string of the molecule is CC(=O)N1CCc2c(sc3c2c(=O)n(CCc2ccccc2)c(=O)n3Cc2ccccc2C#N)C1. The summed E-state index contributed by atoms with van der Waals surface area (Å²) in [5.74, 6) is -0.00582. The smallest absolute Gasteiger partial charge is 0.332 e. The Morgan fingerprint density at radius 3 is 2.54 bits per heavy atom. The molecular weight excluding hydrogens is 460 g/mol. The molecule has 2 aromatic carbocycles. The van der Waals surface area contributed by atoms with Gasteiger partial charge in [0.15, 0.2) is 0 Å². The second kappa shape index (κ2) is 9.35. The van der Waals surface area contributed by atoms with Crippen LogP contribution < -0.4 is 11.2 Å². The van der Waals surface area contributed by atoms with E-state index in [2.05, 4.69) is 6.07 Å². The van der Waals surface area contributed by atoms with Crippen molar-refractivity contribution in [2.75, 3.05) is 6.54 Å². The third-order valence-corrected chi connectivity index (χ3v) is 7.82. The summed E-state index contributed by atoms with van der Waals surface area (Å²) < 4.78 is 2.95. The summed E-state index contributed by atoms with van der Waals surface area (Å²) in [6.07, 6.45) is 1.14. The summed E-state index contributed by atoms with van der Waals surface area (Å²) in [6.45, 7) is 3.00. The molecule has 0 aliphatic carbocycles. The quantitative estimate of drug-likeness (QED) is 0.435. The molecule has 35 heavy (non-hydrogen) atoms.